The minimum absolute atomic E-state index is 0.0350. The Morgan fingerprint density at radius 3 is 2.59 bits per heavy atom. The molecule has 1 aliphatic rings. The van der Waals surface area contributed by atoms with Gasteiger partial charge >= 0.3 is 0 Å². The Hall–Kier alpha value is -2.58. The van der Waals surface area contributed by atoms with E-state index in [0.717, 1.165) is 25.0 Å². The Morgan fingerprint density at radius 1 is 1.24 bits per heavy atom. The second-order valence-corrected chi connectivity index (χ2v) is 8.81. The van der Waals surface area contributed by atoms with E-state index in [1.807, 2.05) is 0 Å². The zero-order valence-electron chi connectivity index (χ0n) is 16.8. The lowest BCUT2D eigenvalue weighted by atomic mass is 10.1. The highest BCUT2D eigenvalue weighted by Crippen LogP contribution is 2.22. The highest BCUT2D eigenvalue weighted by molar-refractivity contribution is 7.92. The van der Waals surface area contributed by atoms with E-state index in [2.05, 4.69) is 4.72 Å². The summed E-state index contributed by atoms with van der Waals surface area (Å²) in [7, 11) is -0.590. The molecule has 0 aliphatic carbocycles. The summed E-state index contributed by atoms with van der Waals surface area (Å²) in [5.41, 5.74) is 1.50. The number of carbonyl (C=O) groups is 1. The summed E-state index contributed by atoms with van der Waals surface area (Å²) in [4.78, 5) is 14.5. The molecule has 0 spiro atoms. The molecular weight excluding hydrogens is 392 g/mol. The average molecular weight is 419 g/mol. The maximum absolute atomic E-state index is 12.9. The fourth-order valence-corrected chi connectivity index (χ4v) is 4.34. The van der Waals surface area contributed by atoms with Gasteiger partial charge in [-0.1, -0.05) is 6.07 Å². The Bertz CT molecular complexity index is 967. The largest absolute Gasteiger partial charge is 0.497 e. The van der Waals surface area contributed by atoms with E-state index >= 15 is 0 Å². The molecule has 8 heteroatoms. The number of sulfonamides is 1. The molecule has 0 saturated carbocycles. The topological polar surface area (TPSA) is 84.9 Å². The van der Waals surface area contributed by atoms with Gasteiger partial charge in [0.1, 0.15) is 5.75 Å². The quantitative estimate of drug-likeness (QED) is 0.747. The van der Waals surface area contributed by atoms with Gasteiger partial charge in [0.05, 0.1) is 18.1 Å². The molecule has 1 amide bonds. The number of benzene rings is 2. The Kier molecular flexibility index (Phi) is 6.44. The fourth-order valence-electron chi connectivity index (χ4n) is 3.25. The molecule has 0 aromatic heterocycles. The van der Waals surface area contributed by atoms with Crippen LogP contribution in [0, 0.1) is 6.92 Å². The summed E-state index contributed by atoms with van der Waals surface area (Å²) in [5.74, 6) is 0.407. The highest BCUT2D eigenvalue weighted by atomic mass is 32.2. The van der Waals surface area contributed by atoms with Gasteiger partial charge in [-0.05, 0) is 61.7 Å². The predicted octanol–water partition coefficient (Wildman–Crippen LogP) is 3.06. The smallest absolute Gasteiger partial charge is 0.261 e. The van der Waals surface area contributed by atoms with Crippen molar-refractivity contribution in [1.82, 2.24) is 4.90 Å². The van der Waals surface area contributed by atoms with Gasteiger partial charge in [0.25, 0.3) is 15.9 Å². The molecule has 1 aliphatic heterocycles. The van der Waals surface area contributed by atoms with Crippen LogP contribution < -0.4 is 9.46 Å². The number of methoxy groups -OCH3 is 1. The molecule has 2 aromatic rings. The standard InChI is InChI=1S/C21H26N2O5S/c1-15-6-11-19(29(25,26)22-16-7-9-17(27-3)10-8-16)13-20(15)21(24)23(2)14-18-5-4-12-28-18/h6-11,13,18,22H,4-5,12,14H2,1-3H3. The predicted molar refractivity (Wildman–Crippen MR) is 111 cm³/mol. The number of likely N-dealkylation sites (N-methyl/N-ethyl adjacent to an activating group) is 1. The number of rotatable bonds is 7. The third-order valence-corrected chi connectivity index (χ3v) is 6.32. The first-order chi connectivity index (χ1) is 13.8. The van der Waals surface area contributed by atoms with E-state index in [1.54, 1.807) is 56.3 Å². The lowest BCUT2D eigenvalue weighted by Gasteiger charge is -2.22. The maximum Gasteiger partial charge on any atom is 0.261 e. The third kappa shape index (κ3) is 5.07. The number of ether oxygens (including phenoxy) is 2. The van der Waals surface area contributed by atoms with Crippen LogP contribution in [0.25, 0.3) is 0 Å². The molecule has 0 radical (unpaired) electrons. The number of amides is 1. The van der Waals surface area contributed by atoms with Gasteiger partial charge < -0.3 is 14.4 Å². The van der Waals surface area contributed by atoms with Gasteiger partial charge in [0.15, 0.2) is 0 Å². The van der Waals surface area contributed by atoms with E-state index in [4.69, 9.17) is 9.47 Å². The van der Waals surface area contributed by atoms with Crippen LogP contribution in [0.4, 0.5) is 5.69 Å². The minimum Gasteiger partial charge on any atom is -0.497 e. The number of nitrogens with one attached hydrogen (secondary N) is 1. The lowest BCUT2D eigenvalue weighted by molar-refractivity contribution is 0.0586. The SMILES string of the molecule is COc1ccc(NS(=O)(=O)c2ccc(C)c(C(=O)N(C)CC3CCCO3)c2)cc1. The molecule has 3 rings (SSSR count). The Labute approximate surface area is 171 Å². The molecule has 1 unspecified atom stereocenters. The van der Waals surface area contributed by atoms with E-state index in [9.17, 15) is 13.2 Å². The number of nitrogens with zero attached hydrogens (tertiary/aromatic N) is 1. The highest BCUT2D eigenvalue weighted by Gasteiger charge is 2.23. The third-order valence-electron chi connectivity index (χ3n) is 4.94. The van der Waals surface area contributed by atoms with E-state index in [-0.39, 0.29) is 16.9 Å². The molecule has 2 aromatic carbocycles. The average Bonchev–Trinajstić information content (AvgIpc) is 3.21. The van der Waals surface area contributed by atoms with Crippen molar-refractivity contribution < 1.29 is 22.7 Å². The van der Waals surface area contributed by atoms with Crippen LogP contribution in [0.2, 0.25) is 0 Å². The summed E-state index contributed by atoms with van der Waals surface area (Å²) in [6.45, 7) is 3.00. The minimum atomic E-state index is -3.84. The van der Waals surface area contributed by atoms with E-state index < -0.39 is 10.0 Å². The van der Waals surface area contributed by atoms with Gasteiger partial charge in [-0.25, -0.2) is 8.42 Å². The van der Waals surface area contributed by atoms with Crippen LogP contribution in [0.3, 0.4) is 0 Å². The van der Waals surface area contributed by atoms with Crippen molar-refractivity contribution in [3.8, 4) is 5.75 Å². The number of hydrogen-bond acceptors (Lipinski definition) is 5. The zero-order valence-corrected chi connectivity index (χ0v) is 17.7. The van der Waals surface area contributed by atoms with Crippen LogP contribution in [0.5, 0.6) is 5.75 Å². The Morgan fingerprint density at radius 2 is 1.97 bits per heavy atom. The summed E-state index contributed by atoms with van der Waals surface area (Å²) >= 11 is 0. The van der Waals surface area contributed by atoms with Crippen LogP contribution in [0.15, 0.2) is 47.4 Å². The fraction of sp³-hybridized carbons (Fsp3) is 0.381. The first-order valence-electron chi connectivity index (χ1n) is 9.45. The molecule has 156 valence electrons. The van der Waals surface area contributed by atoms with Gasteiger partial charge in [-0.15, -0.1) is 0 Å². The first kappa shape index (κ1) is 21.1. The van der Waals surface area contributed by atoms with Crippen LogP contribution in [-0.4, -0.2) is 52.6 Å². The maximum atomic E-state index is 12.9. The molecular formula is C21H26N2O5S. The molecule has 1 saturated heterocycles. The van der Waals surface area contributed by atoms with Crippen molar-refractivity contribution in [1.29, 1.82) is 0 Å². The summed E-state index contributed by atoms with van der Waals surface area (Å²) in [6.07, 6.45) is 1.96. The molecule has 0 bridgehead atoms. The van der Waals surface area contributed by atoms with Gasteiger partial charge in [-0.2, -0.15) is 0 Å². The van der Waals surface area contributed by atoms with Crippen LogP contribution in [0.1, 0.15) is 28.8 Å². The molecule has 1 atom stereocenters. The van der Waals surface area contributed by atoms with Crippen molar-refractivity contribution in [3.05, 3.63) is 53.6 Å². The normalized spacial score (nSPS) is 16.4. The van der Waals surface area contributed by atoms with Gasteiger partial charge in [-0.3, -0.25) is 9.52 Å². The second kappa shape index (κ2) is 8.84. The number of hydrogen-bond donors (Lipinski definition) is 1. The summed E-state index contributed by atoms with van der Waals surface area (Å²) < 4.78 is 38.8. The second-order valence-electron chi connectivity index (χ2n) is 7.13. The van der Waals surface area contributed by atoms with Crippen molar-refractivity contribution in [3.63, 3.8) is 0 Å². The van der Waals surface area contributed by atoms with E-state index in [0.29, 0.717) is 23.5 Å². The van der Waals surface area contributed by atoms with Crippen molar-refractivity contribution in [2.45, 2.75) is 30.8 Å². The van der Waals surface area contributed by atoms with Gasteiger partial charge in [0.2, 0.25) is 0 Å². The van der Waals surface area contributed by atoms with Crippen LogP contribution in [-0.2, 0) is 14.8 Å². The monoisotopic (exact) mass is 418 g/mol. The molecule has 1 heterocycles. The molecule has 7 nitrogen and oxygen atoms in total. The first-order valence-corrected chi connectivity index (χ1v) is 10.9. The zero-order chi connectivity index (χ0) is 21.0. The number of aryl methyl sites for hydroxylation is 1. The summed E-state index contributed by atoms with van der Waals surface area (Å²) in [6, 6.07) is 11.1. The number of anilines is 1. The van der Waals surface area contributed by atoms with Crippen LogP contribution >= 0.6 is 0 Å². The van der Waals surface area contributed by atoms with E-state index in [1.165, 1.54) is 12.1 Å². The van der Waals surface area contributed by atoms with Crippen molar-refractivity contribution in [2.24, 2.45) is 0 Å². The molecule has 1 fully saturated rings. The molecule has 1 N–H and O–H groups in total. The lowest BCUT2D eigenvalue weighted by Crippen LogP contribution is -2.34. The van der Waals surface area contributed by atoms with Crippen molar-refractivity contribution >= 4 is 21.6 Å². The molecule has 29 heavy (non-hydrogen) atoms. The number of carbonyl (C=O) groups excluding carboxylic acids is 1. The summed E-state index contributed by atoms with van der Waals surface area (Å²) in [5, 5.41) is 0. The van der Waals surface area contributed by atoms with Crippen molar-refractivity contribution in [2.75, 3.05) is 32.0 Å². The van der Waals surface area contributed by atoms with Gasteiger partial charge in [0, 0.05) is 31.5 Å². The Balaban J connectivity index is 1.79.